The summed E-state index contributed by atoms with van der Waals surface area (Å²) in [4.78, 5) is 29.3. The number of aromatic carboxylic acids is 1. The molecule has 1 N–H and O–H groups in total. The third-order valence-corrected chi connectivity index (χ3v) is 4.17. The number of rotatable bonds is 3. The van der Waals surface area contributed by atoms with Crippen LogP contribution in [0.2, 0.25) is 0 Å². The lowest BCUT2D eigenvalue weighted by Gasteiger charge is -2.29. The highest BCUT2D eigenvalue weighted by Crippen LogP contribution is 2.22. The summed E-state index contributed by atoms with van der Waals surface area (Å²) in [6, 6.07) is 10.9. The Morgan fingerprint density at radius 1 is 1.17 bits per heavy atom. The second kappa shape index (κ2) is 6.20. The number of amides is 1. The van der Waals surface area contributed by atoms with Crippen LogP contribution in [0.15, 0.2) is 36.4 Å². The topological polar surface area (TPSA) is 70.5 Å². The molecule has 1 aliphatic heterocycles. The molecule has 0 atom stereocenters. The summed E-state index contributed by atoms with van der Waals surface area (Å²) < 4.78 is 0. The van der Waals surface area contributed by atoms with Gasteiger partial charge in [0.25, 0.3) is 5.91 Å². The van der Waals surface area contributed by atoms with Gasteiger partial charge in [0.2, 0.25) is 0 Å². The highest BCUT2D eigenvalue weighted by molar-refractivity contribution is 5.94. The highest BCUT2D eigenvalue weighted by Gasteiger charge is 2.23. The van der Waals surface area contributed by atoms with E-state index in [0.717, 1.165) is 12.8 Å². The van der Waals surface area contributed by atoms with Crippen molar-refractivity contribution >= 4 is 11.9 Å². The molecule has 0 saturated heterocycles. The van der Waals surface area contributed by atoms with Crippen molar-refractivity contribution in [2.75, 3.05) is 6.54 Å². The predicted molar refractivity (Wildman–Crippen MR) is 85.5 cm³/mol. The molecule has 23 heavy (non-hydrogen) atoms. The highest BCUT2D eigenvalue weighted by atomic mass is 16.4. The summed E-state index contributed by atoms with van der Waals surface area (Å²) in [5, 5.41) is 9.00. The van der Waals surface area contributed by atoms with E-state index in [9.17, 15) is 9.59 Å². The van der Waals surface area contributed by atoms with E-state index < -0.39 is 5.97 Å². The molecule has 0 saturated carbocycles. The van der Waals surface area contributed by atoms with Crippen molar-refractivity contribution in [1.29, 1.82) is 0 Å². The Kier molecular flexibility index (Phi) is 4.10. The molecule has 1 aliphatic rings. The summed E-state index contributed by atoms with van der Waals surface area (Å²) in [5.74, 6) is -1.35. The lowest BCUT2D eigenvalue weighted by atomic mass is 9.96. The molecule has 0 radical (unpaired) electrons. The molecule has 0 aliphatic carbocycles. The fraction of sp³-hybridized carbons (Fsp3) is 0.278. The zero-order valence-electron chi connectivity index (χ0n) is 13.0. The zero-order chi connectivity index (χ0) is 16.4. The van der Waals surface area contributed by atoms with E-state index in [1.165, 1.54) is 22.8 Å². The van der Waals surface area contributed by atoms with Crippen LogP contribution in [-0.4, -0.2) is 33.4 Å². The van der Waals surface area contributed by atoms with Crippen LogP contribution in [0.3, 0.4) is 0 Å². The van der Waals surface area contributed by atoms with Crippen molar-refractivity contribution in [2.24, 2.45) is 0 Å². The number of hydrogen-bond acceptors (Lipinski definition) is 3. The van der Waals surface area contributed by atoms with E-state index in [2.05, 4.69) is 30.1 Å². The molecule has 5 nitrogen and oxygen atoms in total. The lowest BCUT2D eigenvalue weighted by Crippen LogP contribution is -2.36. The summed E-state index contributed by atoms with van der Waals surface area (Å²) in [5.41, 5.74) is 3.77. The minimum atomic E-state index is -1.13. The molecule has 0 unspecified atom stereocenters. The van der Waals surface area contributed by atoms with Crippen LogP contribution in [0.1, 0.15) is 44.6 Å². The average molecular weight is 310 g/mol. The minimum Gasteiger partial charge on any atom is -0.477 e. The third kappa shape index (κ3) is 3.08. The SMILES string of the molecule is CCc1ccc2c(c1)CN(C(=O)c1cccc(C(=O)O)n1)CC2. The van der Waals surface area contributed by atoms with Gasteiger partial charge in [-0.3, -0.25) is 4.79 Å². The lowest BCUT2D eigenvalue weighted by molar-refractivity contribution is 0.0689. The molecule has 5 heteroatoms. The number of aromatic nitrogens is 1. The van der Waals surface area contributed by atoms with Crippen molar-refractivity contribution in [3.05, 3.63) is 64.5 Å². The monoisotopic (exact) mass is 310 g/mol. The van der Waals surface area contributed by atoms with Gasteiger partial charge in [0, 0.05) is 13.1 Å². The Morgan fingerprint density at radius 2 is 1.96 bits per heavy atom. The first-order valence-electron chi connectivity index (χ1n) is 7.68. The predicted octanol–water partition coefficient (Wildman–Crippen LogP) is 2.54. The van der Waals surface area contributed by atoms with E-state index in [1.54, 1.807) is 17.0 Å². The minimum absolute atomic E-state index is 0.110. The van der Waals surface area contributed by atoms with Crippen LogP contribution in [0.4, 0.5) is 0 Å². The Hall–Kier alpha value is -2.69. The number of aryl methyl sites for hydroxylation is 1. The number of benzene rings is 1. The first kappa shape index (κ1) is 15.2. The summed E-state index contributed by atoms with van der Waals surface area (Å²) in [7, 11) is 0. The van der Waals surface area contributed by atoms with E-state index >= 15 is 0 Å². The van der Waals surface area contributed by atoms with Gasteiger partial charge in [0.1, 0.15) is 11.4 Å². The van der Waals surface area contributed by atoms with Crippen molar-refractivity contribution in [1.82, 2.24) is 9.88 Å². The van der Waals surface area contributed by atoms with Crippen LogP contribution >= 0.6 is 0 Å². The Labute approximate surface area is 134 Å². The molecule has 0 fully saturated rings. The Balaban J connectivity index is 1.84. The largest absolute Gasteiger partial charge is 0.477 e. The van der Waals surface area contributed by atoms with Crippen molar-refractivity contribution in [3.63, 3.8) is 0 Å². The summed E-state index contributed by atoms with van der Waals surface area (Å²) in [6.07, 6.45) is 1.77. The van der Waals surface area contributed by atoms with Crippen LogP contribution in [0, 0.1) is 0 Å². The molecule has 3 rings (SSSR count). The van der Waals surface area contributed by atoms with Gasteiger partial charge in [0.15, 0.2) is 0 Å². The third-order valence-electron chi connectivity index (χ3n) is 4.17. The number of carbonyl (C=O) groups excluding carboxylic acids is 1. The number of carbonyl (C=O) groups is 2. The number of nitrogens with zero attached hydrogens (tertiary/aromatic N) is 2. The van der Waals surface area contributed by atoms with Crippen molar-refractivity contribution in [2.45, 2.75) is 26.3 Å². The fourth-order valence-electron chi connectivity index (χ4n) is 2.84. The molecule has 118 valence electrons. The molecule has 1 aromatic carbocycles. The van der Waals surface area contributed by atoms with Crippen LogP contribution in [-0.2, 0) is 19.4 Å². The van der Waals surface area contributed by atoms with Crippen LogP contribution in [0.5, 0.6) is 0 Å². The van der Waals surface area contributed by atoms with Gasteiger partial charge in [-0.2, -0.15) is 0 Å². The maximum Gasteiger partial charge on any atom is 0.354 e. The smallest absolute Gasteiger partial charge is 0.354 e. The van der Waals surface area contributed by atoms with E-state index in [1.807, 2.05) is 0 Å². The molecular formula is C18H18N2O3. The van der Waals surface area contributed by atoms with E-state index in [4.69, 9.17) is 5.11 Å². The Bertz CT molecular complexity index is 771. The van der Waals surface area contributed by atoms with Gasteiger partial charge in [-0.1, -0.05) is 31.2 Å². The molecule has 0 bridgehead atoms. The van der Waals surface area contributed by atoms with Gasteiger partial charge in [0.05, 0.1) is 0 Å². The number of carboxylic acid groups (broad SMARTS) is 1. The first-order valence-corrected chi connectivity index (χ1v) is 7.68. The number of carboxylic acids is 1. The number of hydrogen-bond donors (Lipinski definition) is 1. The second-order valence-electron chi connectivity index (χ2n) is 5.65. The number of pyridine rings is 1. The normalized spacial score (nSPS) is 13.5. The fourth-order valence-corrected chi connectivity index (χ4v) is 2.84. The summed E-state index contributed by atoms with van der Waals surface area (Å²) in [6.45, 7) is 3.27. The van der Waals surface area contributed by atoms with Crippen LogP contribution < -0.4 is 0 Å². The molecule has 1 aromatic heterocycles. The Morgan fingerprint density at radius 3 is 2.70 bits per heavy atom. The standard InChI is InChI=1S/C18H18N2O3/c1-2-12-6-7-13-8-9-20(11-14(13)10-12)17(21)15-4-3-5-16(19-15)18(22)23/h3-7,10H,2,8-9,11H2,1H3,(H,22,23). The van der Waals surface area contributed by atoms with Gasteiger partial charge >= 0.3 is 5.97 Å². The zero-order valence-corrected chi connectivity index (χ0v) is 13.0. The van der Waals surface area contributed by atoms with Gasteiger partial charge < -0.3 is 10.0 Å². The molecule has 2 aromatic rings. The van der Waals surface area contributed by atoms with Crippen molar-refractivity contribution < 1.29 is 14.7 Å². The molecule has 1 amide bonds. The quantitative estimate of drug-likeness (QED) is 0.946. The number of fused-ring (bicyclic) bond motifs is 1. The van der Waals surface area contributed by atoms with E-state index in [-0.39, 0.29) is 17.3 Å². The maximum absolute atomic E-state index is 12.6. The summed E-state index contributed by atoms with van der Waals surface area (Å²) >= 11 is 0. The van der Waals surface area contributed by atoms with Crippen LogP contribution in [0.25, 0.3) is 0 Å². The molecular weight excluding hydrogens is 292 g/mol. The van der Waals surface area contributed by atoms with E-state index in [0.29, 0.717) is 13.1 Å². The second-order valence-corrected chi connectivity index (χ2v) is 5.65. The average Bonchev–Trinajstić information content (AvgIpc) is 2.60. The maximum atomic E-state index is 12.6. The first-order chi connectivity index (χ1) is 11.1. The van der Waals surface area contributed by atoms with Crippen molar-refractivity contribution in [3.8, 4) is 0 Å². The van der Waals surface area contributed by atoms with Gasteiger partial charge in [-0.15, -0.1) is 0 Å². The van der Waals surface area contributed by atoms with Gasteiger partial charge in [-0.05, 0) is 41.7 Å². The van der Waals surface area contributed by atoms with Gasteiger partial charge in [-0.25, -0.2) is 9.78 Å². The molecule has 0 spiro atoms. The molecule has 2 heterocycles.